The number of carbonyl (C=O) groups excluding carboxylic acids is 1. The minimum Gasteiger partial charge on any atom is -0.356 e. The van der Waals surface area contributed by atoms with Gasteiger partial charge in [-0.25, -0.2) is 8.42 Å². The van der Waals surface area contributed by atoms with E-state index in [-0.39, 0.29) is 22.1 Å². The Labute approximate surface area is 213 Å². The Morgan fingerprint density at radius 2 is 1.57 bits per heavy atom. The molecule has 7 heteroatoms. The van der Waals surface area contributed by atoms with Crippen molar-refractivity contribution >= 4 is 38.6 Å². The second kappa shape index (κ2) is 10.7. The molecule has 0 bridgehead atoms. The molecule has 0 heterocycles. The first-order valence-corrected chi connectivity index (χ1v) is 13.8. The van der Waals surface area contributed by atoms with E-state index in [2.05, 4.69) is 31.4 Å². The minimum atomic E-state index is -3.24. The van der Waals surface area contributed by atoms with Gasteiger partial charge < -0.3 is 10.6 Å². The Bertz CT molecular complexity index is 1310. The van der Waals surface area contributed by atoms with E-state index in [1.54, 1.807) is 36.4 Å². The van der Waals surface area contributed by atoms with Crippen molar-refractivity contribution in [2.45, 2.75) is 50.5 Å². The molecule has 0 aliphatic carbocycles. The lowest BCUT2D eigenvalue weighted by molar-refractivity contribution is 0.103. The Kier molecular flexibility index (Phi) is 8.13. The Hall–Kier alpha value is -3.03. The van der Waals surface area contributed by atoms with Crippen molar-refractivity contribution in [3.8, 4) is 0 Å². The molecule has 2 N–H and O–H groups in total. The highest BCUT2D eigenvalue weighted by Crippen LogP contribution is 2.24. The van der Waals surface area contributed by atoms with Crippen molar-refractivity contribution in [1.82, 2.24) is 5.32 Å². The van der Waals surface area contributed by atoms with Gasteiger partial charge in [0.2, 0.25) is 0 Å². The summed E-state index contributed by atoms with van der Waals surface area (Å²) in [5.41, 5.74) is 4.07. The average Bonchev–Trinajstić information content (AvgIpc) is 2.81. The molecule has 0 spiro atoms. The van der Waals surface area contributed by atoms with Gasteiger partial charge in [-0.2, -0.15) is 0 Å². The fourth-order valence-electron chi connectivity index (χ4n) is 3.72. The summed E-state index contributed by atoms with van der Waals surface area (Å²) in [7, 11) is -3.24. The molecular formula is C28H32N2O3S2. The van der Waals surface area contributed by atoms with Crippen LogP contribution in [-0.4, -0.2) is 25.6 Å². The molecule has 0 radical (unpaired) electrons. The number of benzene rings is 3. The number of sulfone groups is 1. The summed E-state index contributed by atoms with van der Waals surface area (Å²) in [5, 5.41) is 6.86. The van der Waals surface area contributed by atoms with Crippen LogP contribution in [0.2, 0.25) is 0 Å². The summed E-state index contributed by atoms with van der Waals surface area (Å²) in [4.78, 5) is 13.3. The second-order valence-corrected chi connectivity index (χ2v) is 12.1. The van der Waals surface area contributed by atoms with Crippen molar-refractivity contribution in [1.29, 1.82) is 0 Å². The summed E-state index contributed by atoms with van der Waals surface area (Å²) in [5.74, 6) is -0.0506. The van der Waals surface area contributed by atoms with Crippen LogP contribution < -0.4 is 10.6 Å². The number of hydrogen-bond donors (Lipinski definition) is 2. The predicted octanol–water partition coefficient (Wildman–Crippen LogP) is 6.06. The standard InChI is InChI=1S/C28H32N2O3S2/c1-6-25(19-12-16-24(17-13-19)35(5,32)33)30-27(34)29-23-9-7-8-21(18-23)26(31)20-10-14-22(15-11-20)28(2,3)4/h7-18,25H,6H2,1-5H3,(H2,29,30,34)/t25-/m0/s1. The van der Waals surface area contributed by atoms with Crippen LogP contribution in [0.15, 0.2) is 77.7 Å². The van der Waals surface area contributed by atoms with Crippen molar-refractivity contribution in [3.63, 3.8) is 0 Å². The van der Waals surface area contributed by atoms with Crippen LogP contribution in [0.1, 0.15) is 67.2 Å². The summed E-state index contributed by atoms with van der Waals surface area (Å²) in [6.07, 6.45) is 1.94. The van der Waals surface area contributed by atoms with Crippen LogP contribution in [0.25, 0.3) is 0 Å². The van der Waals surface area contributed by atoms with Gasteiger partial charge in [0.05, 0.1) is 10.9 Å². The summed E-state index contributed by atoms with van der Waals surface area (Å²) < 4.78 is 23.4. The smallest absolute Gasteiger partial charge is 0.193 e. The third-order valence-corrected chi connectivity index (χ3v) is 7.17. The maximum Gasteiger partial charge on any atom is 0.193 e. The topological polar surface area (TPSA) is 75.3 Å². The number of carbonyl (C=O) groups is 1. The summed E-state index contributed by atoms with van der Waals surface area (Å²) >= 11 is 5.51. The average molecular weight is 509 g/mol. The van der Waals surface area contributed by atoms with Gasteiger partial charge in [-0.05, 0) is 59.4 Å². The van der Waals surface area contributed by atoms with E-state index in [1.165, 1.54) is 11.8 Å². The Balaban J connectivity index is 1.69. The molecule has 5 nitrogen and oxygen atoms in total. The van der Waals surface area contributed by atoms with Gasteiger partial charge in [-0.15, -0.1) is 0 Å². The van der Waals surface area contributed by atoms with Gasteiger partial charge >= 0.3 is 0 Å². The van der Waals surface area contributed by atoms with Gasteiger partial charge in [0.25, 0.3) is 0 Å². The zero-order valence-electron chi connectivity index (χ0n) is 20.8. The molecule has 0 aromatic heterocycles. The normalized spacial score (nSPS) is 12.6. The Morgan fingerprint density at radius 1 is 0.943 bits per heavy atom. The predicted molar refractivity (Wildman–Crippen MR) is 147 cm³/mol. The third kappa shape index (κ3) is 6.99. The molecule has 0 aliphatic rings. The van der Waals surface area contributed by atoms with Crippen LogP contribution in [0.3, 0.4) is 0 Å². The molecule has 3 aromatic carbocycles. The van der Waals surface area contributed by atoms with Crippen LogP contribution in [0.5, 0.6) is 0 Å². The fourth-order valence-corrected chi connectivity index (χ4v) is 4.61. The highest BCUT2D eigenvalue weighted by Gasteiger charge is 2.16. The van der Waals surface area contributed by atoms with E-state index < -0.39 is 9.84 Å². The molecule has 0 unspecified atom stereocenters. The van der Waals surface area contributed by atoms with Crippen molar-refractivity contribution in [2.75, 3.05) is 11.6 Å². The first kappa shape index (κ1) is 26.6. The SMILES string of the molecule is CC[C@H](NC(=S)Nc1cccc(C(=O)c2ccc(C(C)(C)C)cc2)c1)c1ccc(S(C)(=O)=O)cc1. The van der Waals surface area contributed by atoms with Crippen LogP contribution in [-0.2, 0) is 15.3 Å². The van der Waals surface area contributed by atoms with Crippen LogP contribution in [0, 0.1) is 0 Å². The van der Waals surface area contributed by atoms with E-state index in [9.17, 15) is 13.2 Å². The second-order valence-electron chi connectivity index (χ2n) is 9.64. The van der Waals surface area contributed by atoms with Crippen molar-refractivity contribution in [2.24, 2.45) is 0 Å². The molecule has 0 amide bonds. The zero-order valence-corrected chi connectivity index (χ0v) is 22.4. The first-order chi connectivity index (χ1) is 16.4. The lowest BCUT2D eigenvalue weighted by Gasteiger charge is -2.20. The highest BCUT2D eigenvalue weighted by molar-refractivity contribution is 7.90. The van der Waals surface area contributed by atoms with Gasteiger partial charge in [-0.3, -0.25) is 4.79 Å². The summed E-state index contributed by atoms with van der Waals surface area (Å²) in [6.45, 7) is 8.45. The van der Waals surface area contributed by atoms with Crippen molar-refractivity contribution in [3.05, 3.63) is 95.1 Å². The minimum absolute atomic E-state index is 0.0280. The molecule has 0 saturated carbocycles. The first-order valence-electron chi connectivity index (χ1n) is 11.5. The number of thiocarbonyl (C=S) groups is 1. The van der Waals surface area contributed by atoms with Gasteiger partial charge in [-0.1, -0.05) is 76.2 Å². The quantitative estimate of drug-likeness (QED) is 0.299. The van der Waals surface area contributed by atoms with E-state index in [0.717, 1.165) is 12.0 Å². The lowest BCUT2D eigenvalue weighted by atomic mass is 9.86. The number of nitrogens with one attached hydrogen (secondary N) is 2. The zero-order chi connectivity index (χ0) is 25.8. The maximum absolute atomic E-state index is 13.0. The van der Waals surface area contributed by atoms with Gasteiger partial charge in [0.1, 0.15) is 0 Å². The molecule has 3 rings (SSSR count). The maximum atomic E-state index is 13.0. The highest BCUT2D eigenvalue weighted by atomic mass is 32.2. The molecule has 0 saturated heterocycles. The lowest BCUT2D eigenvalue weighted by Crippen LogP contribution is -2.32. The monoisotopic (exact) mass is 508 g/mol. The molecule has 1 atom stereocenters. The fraction of sp³-hybridized carbons (Fsp3) is 0.286. The van der Waals surface area contributed by atoms with Crippen molar-refractivity contribution < 1.29 is 13.2 Å². The van der Waals surface area contributed by atoms with Crippen LogP contribution in [0.4, 0.5) is 5.69 Å². The van der Waals surface area contributed by atoms with Gasteiger partial charge in [0, 0.05) is 23.1 Å². The number of hydrogen-bond acceptors (Lipinski definition) is 4. The molecule has 0 fully saturated rings. The largest absolute Gasteiger partial charge is 0.356 e. The van der Waals surface area contributed by atoms with E-state index in [0.29, 0.717) is 21.9 Å². The van der Waals surface area contributed by atoms with E-state index in [4.69, 9.17) is 12.2 Å². The third-order valence-electron chi connectivity index (χ3n) is 5.82. The van der Waals surface area contributed by atoms with Crippen LogP contribution >= 0.6 is 12.2 Å². The summed E-state index contributed by atoms with van der Waals surface area (Å²) in [6, 6.07) is 21.7. The molecule has 184 valence electrons. The van der Waals surface area contributed by atoms with E-state index >= 15 is 0 Å². The van der Waals surface area contributed by atoms with Gasteiger partial charge in [0.15, 0.2) is 20.7 Å². The molecule has 3 aromatic rings. The molecule has 0 aliphatic heterocycles. The number of ketones is 1. The Morgan fingerprint density at radius 3 is 2.11 bits per heavy atom. The number of anilines is 1. The molecule has 35 heavy (non-hydrogen) atoms. The number of rotatable bonds is 7. The molecular weight excluding hydrogens is 476 g/mol. The van der Waals surface area contributed by atoms with E-state index in [1.807, 2.05) is 43.3 Å².